The Morgan fingerprint density at radius 3 is 2.36 bits per heavy atom. The minimum absolute atomic E-state index is 0.143. The quantitative estimate of drug-likeness (QED) is 0.717. The van der Waals surface area contributed by atoms with Crippen LogP contribution in [0.3, 0.4) is 0 Å². The number of pyridine rings is 2. The monoisotopic (exact) mass is 332 g/mol. The lowest BCUT2D eigenvalue weighted by Crippen LogP contribution is -2.25. The molecule has 2 heterocycles. The van der Waals surface area contributed by atoms with Crippen LogP contribution in [0.2, 0.25) is 0 Å². The van der Waals surface area contributed by atoms with E-state index in [-0.39, 0.29) is 5.56 Å². The second kappa shape index (κ2) is 6.73. The van der Waals surface area contributed by atoms with Gasteiger partial charge in [-0.05, 0) is 37.1 Å². The lowest BCUT2D eigenvalue weighted by Gasteiger charge is -2.13. The highest BCUT2D eigenvalue weighted by Crippen LogP contribution is 2.26. The van der Waals surface area contributed by atoms with Gasteiger partial charge >= 0.3 is 0 Å². The molecular weight excluding hydrogens is 312 g/mol. The largest absolute Gasteiger partial charge is 0.384 e. The molecule has 0 atom stereocenters. The number of nitrogens with one attached hydrogen (secondary N) is 1. The van der Waals surface area contributed by atoms with E-state index in [1.54, 1.807) is 12.3 Å². The molecule has 5 heteroatoms. The molecule has 25 heavy (non-hydrogen) atoms. The van der Waals surface area contributed by atoms with Crippen molar-refractivity contribution < 1.29 is 0 Å². The van der Waals surface area contributed by atoms with Crippen molar-refractivity contribution in [1.82, 2.24) is 9.55 Å². The first-order valence-corrected chi connectivity index (χ1v) is 8.13. The van der Waals surface area contributed by atoms with E-state index in [0.29, 0.717) is 23.5 Å². The molecule has 0 fully saturated rings. The molecule has 3 aromatic rings. The SMILES string of the molecule is CCn1c(N)c(C=N)cc(-c2ccc(-c3cccnc3C)cc2)c1=O. The molecular formula is C20H20N4O. The van der Waals surface area contributed by atoms with Gasteiger partial charge in [-0.15, -0.1) is 0 Å². The van der Waals surface area contributed by atoms with Gasteiger partial charge in [0.15, 0.2) is 0 Å². The molecule has 0 unspecified atom stereocenters. The minimum atomic E-state index is -0.143. The summed E-state index contributed by atoms with van der Waals surface area (Å²) in [5, 5.41) is 7.53. The lowest BCUT2D eigenvalue weighted by molar-refractivity contribution is 0.740. The molecule has 0 aliphatic rings. The molecule has 0 saturated carbocycles. The normalized spacial score (nSPS) is 10.6. The standard InChI is InChI=1S/C20H20N4O/c1-3-24-19(22)16(12-21)11-18(20(24)25)15-8-6-14(7-9-15)17-5-4-10-23-13(17)2/h4-12,21H,3,22H2,1-2H3. The molecule has 2 aromatic heterocycles. The number of hydrogen-bond acceptors (Lipinski definition) is 4. The second-order valence-electron chi connectivity index (χ2n) is 5.81. The summed E-state index contributed by atoms with van der Waals surface area (Å²) in [6.07, 6.45) is 2.95. The molecule has 0 spiro atoms. The zero-order valence-electron chi connectivity index (χ0n) is 14.3. The van der Waals surface area contributed by atoms with Crippen LogP contribution in [0.25, 0.3) is 22.3 Å². The van der Waals surface area contributed by atoms with E-state index >= 15 is 0 Å². The van der Waals surface area contributed by atoms with E-state index in [2.05, 4.69) is 4.98 Å². The van der Waals surface area contributed by atoms with Crippen molar-refractivity contribution in [2.24, 2.45) is 0 Å². The summed E-state index contributed by atoms with van der Waals surface area (Å²) < 4.78 is 1.49. The molecule has 0 amide bonds. The summed E-state index contributed by atoms with van der Waals surface area (Å²) in [6, 6.07) is 13.4. The Balaban J connectivity index is 2.11. The van der Waals surface area contributed by atoms with Crippen molar-refractivity contribution in [3.8, 4) is 22.3 Å². The third-order valence-electron chi connectivity index (χ3n) is 4.35. The Kier molecular flexibility index (Phi) is 4.48. The third-order valence-corrected chi connectivity index (χ3v) is 4.35. The van der Waals surface area contributed by atoms with E-state index in [4.69, 9.17) is 11.1 Å². The van der Waals surface area contributed by atoms with Crippen LogP contribution in [-0.2, 0) is 6.54 Å². The highest BCUT2D eigenvalue weighted by molar-refractivity contribution is 5.86. The summed E-state index contributed by atoms with van der Waals surface area (Å²) >= 11 is 0. The van der Waals surface area contributed by atoms with Gasteiger partial charge in [0.05, 0.1) is 0 Å². The smallest absolute Gasteiger partial charge is 0.260 e. The predicted molar refractivity (Wildman–Crippen MR) is 102 cm³/mol. The fourth-order valence-electron chi connectivity index (χ4n) is 2.96. The Hall–Kier alpha value is -3.21. The molecule has 0 saturated heterocycles. The molecule has 3 N–H and O–H groups in total. The van der Waals surface area contributed by atoms with Gasteiger partial charge in [0.1, 0.15) is 5.82 Å². The summed E-state index contributed by atoms with van der Waals surface area (Å²) in [6.45, 7) is 4.30. The average molecular weight is 332 g/mol. The van der Waals surface area contributed by atoms with Gasteiger partial charge in [-0.2, -0.15) is 0 Å². The van der Waals surface area contributed by atoms with Crippen LogP contribution in [0.4, 0.5) is 5.82 Å². The molecule has 1 aromatic carbocycles. The average Bonchev–Trinajstić information content (AvgIpc) is 2.63. The number of nitrogen functional groups attached to an aromatic ring is 1. The van der Waals surface area contributed by atoms with Gasteiger partial charge in [-0.3, -0.25) is 14.3 Å². The lowest BCUT2D eigenvalue weighted by atomic mass is 9.99. The van der Waals surface area contributed by atoms with E-state index in [1.807, 2.05) is 50.2 Å². The van der Waals surface area contributed by atoms with Crippen LogP contribution in [0, 0.1) is 12.3 Å². The van der Waals surface area contributed by atoms with Gasteiger partial charge in [-0.25, -0.2) is 0 Å². The second-order valence-corrected chi connectivity index (χ2v) is 5.81. The zero-order valence-corrected chi connectivity index (χ0v) is 14.3. The zero-order chi connectivity index (χ0) is 18.0. The number of anilines is 1. The maximum absolute atomic E-state index is 12.7. The van der Waals surface area contributed by atoms with Crippen LogP contribution in [-0.4, -0.2) is 15.8 Å². The first-order valence-electron chi connectivity index (χ1n) is 8.13. The van der Waals surface area contributed by atoms with Crippen LogP contribution >= 0.6 is 0 Å². The van der Waals surface area contributed by atoms with E-state index < -0.39 is 0 Å². The fraction of sp³-hybridized carbons (Fsp3) is 0.150. The summed E-state index contributed by atoms with van der Waals surface area (Å²) in [7, 11) is 0. The minimum Gasteiger partial charge on any atom is -0.384 e. The summed E-state index contributed by atoms with van der Waals surface area (Å²) in [4.78, 5) is 17.0. The fourth-order valence-corrected chi connectivity index (χ4v) is 2.96. The number of rotatable bonds is 4. The number of nitrogens with two attached hydrogens (primary N) is 1. The van der Waals surface area contributed by atoms with Crippen LogP contribution in [0.5, 0.6) is 0 Å². The Morgan fingerprint density at radius 2 is 1.80 bits per heavy atom. The molecule has 0 aliphatic heterocycles. The maximum atomic E-state index is 12.7. The van der Waals surface area contributed by atoms with Crippen molar-refractivity contribution in [2.75, 3.05) is 5.73 Å². The van der Waals surface area contributed by atoms with Gasteiger partial charge < -0.3 is 11.1 Å². The Labute approximate surface area is 146 Å². The number of benzene rings is 1. The third kappa shape index (κ3) is 2.96. The van der Waals surface area contributed by atoms with Crippen LogP contribution in [0.15, 0.2) is 53.5 Å². The van der Waals surface area contributed by atoms with Crippen molar-refractivity contribution in [3.63, 3.8) is 0 Å². The molecule has 3 rings (SSSR count). The van der Waals surface area contributed by atoms with Crippen molar-refractivity contribution in [3.05, 3.63) is 70.3 Å². The number of hydrogen-bond donors (Lipinski definition) is 2. The van der Waals surface area contributed by atoms with Crippen molar-refractivity contribution in [1.29, 1.82) is 5.41 Å². The molecule has 0 bridgehead atoms. The van der Waals surface area contributed by atoms with Crippen LogP contribution < -0.4 is 11.3 Å². The molecule has 126 valence electrons. The van der Waals surface area contributed by atoms with Gasteiger partial charge in [0, 0.05) is 41.3 Å². The highest BCUT2D eigenvalue weighted by atomic mass is 16.1. The maximum Gasteiger partial charge on any atom is 0.260 e. The summed E-state index contributed by atoms with van der Waals surface area (Å²) in [5.74, 6) is 0.328. The summed E-state index contributed by atoms with van der Waals surface area (Å²) in [5.41, 5.74) is 10.8. The van der Waals surface area contributed by atoms with E-state index in [1.165, 1.54) is 10.8 Å². The van der Waals surface area contributed by atoms with E-state index in [0.717, 1.165) is 22.4 Å². The van der Waals surface area contributed by atoms with E-state index in [9.17, 15) is 4.79 Å². The molecule has 5 nitrogen and oxygen atoms in total. The number of nitrogens with zero attached hydrogens (tertiary/aromatic N) is 2. The Morgan fingerprint density at radius 1 is 1.16 bits per heavy atom. The molecule has 0 radical (unpaired) electrons. The highest BCUT2D eigenvalue weighted by Gasteiger charge is 2.12. The van der Waals surface area contributed by atoms with Gasteiger partial charge in [-0.1, -0.05) is 30.3 Å². The van der Waals surface area contributed by atoms with Crippen molar-refractivity contribution in [2.45, 2.75) is 20.4 Å². The van der Waals surface area contributed by atoms with Gasteiger partial charge in [0.2, 0.25) is 0 Å². The van der Waals surface area contributed by atoms with Gasteiger partial charge in [0.25, 0.3) is 5.56 Å². The van der Waals surface area contributed by atoms with Crippen LogP contribution in [0.1, 0.15) is 18.2 Å². The first-order chi connectivity index (χ1) is 12.1. The predicted octanol–water partition coefficient (Wildman–Crippen LogP) is 3.49. The van der Waals surface area contributed by atoms with Crippen molar-refractivity contribution >= 4 is 12.0 Å². The topological polar surface area (TPSA) is 84.8 Å². The first kappa shape index (κ1) is 16.6. The Bertz CT molecular complexity index is 988. The number of aromatic nitrogens is 2. The molecule has 0 aliphatic carbocycles. The number of aryl methyl sites for hydroxylation is 1.